The third-order valence-corrected chi connectivity index (χ3v) is 6.43. The number of piperidine rings is 1. The maximum atomic E-state index is 12.7. The molecule has 32 heavy (non-hydrogen) atoms. The molecule has 3 aromatic rings. The molecule has 1 aromatic carbocycles. The van der Waals surface area contributed by atoms with Gasteiger partial charge in [0.15, 0.2) is 0 Å². The molecule has 0 spiro atoms. The molecule has 0 aliphatic carbocycles. The van der Waals surface area contributed by atoms with E-state index < -0.39 is 0 Å². The number of Topliss-reactive ketones (excluding diaryl/α,β-unsaturated/α-hetero) is 1. The Morgan fingerprint density at radius 3 is 2.72 bits per heavy atom. The van der Waals surface area contributed by atoms with E-state index in [4.69, 9.17) is 9.72 Å². The highest BCUT2D eigenvalue weighted by atomic mass is 16.5. The summed E-state index contributed by atoms with van der Waals surface area (Å²) in [7, 11) is 0. The number of nitrogens with one attached hydrogen (secondary N) is 2. The summed E-state index contributed by atoms with van der Waals surface area (Å²) in [5.74, 6) is 1.17. The molecule has 7 heteroatoms. The van der Waals surface area contributed by atoms with Gasteiger partial charge in [-0.25, -0.2) is 4.98 Å². The van der Waals surface area contributed by atoms with Crippen LogP contribution in [0.15, 0.2) is 42.9 Å². The molecule has 7 nitrogen and oxygen atoms in total. The van der Waals surface area contributed by atoms with Gasteiger partial charge in [-0.2, -0.15) is 0 Å². The van der Waals surface area contributed by atoms with E-state index in [9.17, 15) is 4.79 Å². The summed E-state index contributed by atoms with van der Waals surface area (Å²) in [5.41, 5.74) is 2.66. The van der Waals surface area contributed by atoms with E-state index in [1.807, 2.05) is 12.3 Å². The first-order chi connectivity index (χ1) is 15.7. The van der Waals surface area contributed by atoms with Crippen LogP contribution >= 0.6 is 0 Å². The maximum absolute atomic E-state index is 12.7. The third kappa shape index (κ3) is 4.95. The Labute approximate surface area is 188 Å². The molecule has 2 saturated heterocycles. The number of ether oxygens (including phenoxy) is 1. The predicted molar refractivity (Wildman–Crippen MR) is 125 cm³/mol. The van der Waals surface area contributed by atoms with Crippen molar-refractivity contribution in [3.8, 4) is 11.3 Å². The molecule has 2 aliphatic rings. The van der Waals surface area contributed by atoms with E-state index in [1.54, 1.807) is 12.4 Å². The number of ketones is 1. The number of aromatic nitrogens is 3. The number of rotatable bonds is 6. The van der Waals surface area contributed by atoms with Crippen molar-refractivity contribution in [3.05, 3.63) is 48.5 Å². The van der Waals surface area contributed by atoms with Crippen molar-refractivity contribution in [2.45, 2.75) is 38.1 Å². The van der Waals surface area contributed by atoms with Gasteiger partial charge in [0, 0.05) is 54.4 Å². The Morgan fingerprint density at radius 1 is 1.03 bits per heavy atom. The second kappa shape index (κ2) is 9.71. The lowest BCUT2D eigenvalue weighted by atomic mass is 9.92. The normalized spacial score (nSPS) is 18.0. The fourth-order valence-electron chi connectivity index (χ4n) is 4.53. The minimum atomic E-state index is 0.0954. The molecule has 0 unspecified atom stereocenters. The van der Waals surface area contributed by atoms with E-state index in [0.717, 1.165) is 72.3 Å². The van der Waals surface area contributed by atoms with Gasteiger partial charge >= 0.3 is 0 Å². The van der Waals surface area contributed by atoms with Crippen molar-refractivity contribution >= 4 is 22.4 Å². The number of carbonyl (C=O) groups excluding carboxylic acids is 1. The number of hydrogen-bond acceptors (Lipinski definition) is 7. The van der Waals surface area contributed by atoms with Crippen molar-refractivity contribution in [2.75, 3.05) is 31.6 Å². The lowest BCUT2D eigenvalue weighted by Gasteiger charge is -2.24. The van der Waals surface area contributed by atoms with Crippen molar-refractivity contribution < 1.29 is 9.53 Å². The summed E-state index contributed by atoms with van der Waals surface area (Å²) in [6.45, 7) is 3.42. The van der Waals surface area contributed by atoms with Crippen LogP contribution in [0.2, 0.25) is 0 Å². The molecule has 5 rings (SSSR count). The number of carbonyl (C=O) groups is 1. The number of anilines is 1. The zero-order chi connectivity index (χ0) is 21.8. The van der Waals surface area contributed by atoms with Crippen LogP contribution < -0.4 is 10.6 Å². The fraction of sp³-hybridized carbons (Fsp3) is 0.440. The minimum absolute atomic E-state index is 0.0954. The summed E-state index contributed by atoms with van der Waals surface area (Å²) in [4.78, 5) is 26.4. The second-order valence-electron chi connectivity index (χ2n) is 8.73. The van der Waals surface area contributed by atoms with Gasteiger partial charge in [-0.1, -0.05) is 12.1 Å². The Morgan fingerprint density at radius 2 is 1.88 bits per heavy atom. The topological polar surface area (TPSA) is 89.0 Å². The number of hydrogen-bond donors (Lipinski definition) is 2. The van der Waals surface area contributed by atoms with Crippen LogP contribution in [-0.2, 0) is 16.0 Å². The molecule has 2 N–H and O–H groups in total. The molecular formula is C25H29N5O2. The fourth-order valence-corrected chi connectivity index (χ4v) is 4.53. The quantitative estimate of drug-likeness (QED) is 0.618. The molecule has 0 atom stereocenters. The van der Waals surface area contributed by atoms with Gasteiger partial charge in [-0.15, -0.1) is 0 Å². The van der Waals surface area contributed by atoms with Crippen molar-refractivity contribution in [1.29, 1.82) is 0 Å². The first-order valence-electron chi connectivity index (χ1n) is 11.5. The van der Waals surface area contributed by atoms with Gasteiger partial charge in [0.05, 0.1) is 18.1 Å². The molecular weight excluding hydrogens is 402 g/mol. The van der Waals surface area contributed by atoms with Crippen LogP contribution in [0, 0.1) is 5.92 Å². The number of pyridine rings is 1. The molecule has 2 fully saturated rings. The first-order valence-corrected chi connectivity index (χ1v) is 11.5. The highest BCUT2D eigenvalue weighted by molar-refractivity contribution is 5.88. The van der Waals surface area contributed by atoms with Crippen molar-refractivity contribution in [1.82, 2.24) is 20.3 Å². The van der Waals surface area contributed by atoms with E-state index in [1.165, 1.54) is 0 Å². The summed E-state index contributed by atoms with van der Waals surface area (Å²) in [5, 5.41) is 9.01. The van der Waals surface area contributed by atoms with Crippen molar-refractivity contribution in [3.63, 3.8) is 0 Å². The highest BCUT2D eigenvalue weighted by Gasteiger charge is 2.22. The molecule has 0 amide bonds. The monoisotopic (exact) mass is 431 g/mol. The summed E-state index contributed by atoms with van der Waals surface area (Å²) in [6.07, 6.45) is 9.62. The summed E-state index contributed by atoms with van der Waals surface area (Å²) in [6, 6.07) is 8.67. The Balaban J connectivity index is 1.34. The lowest BCUT2D eigenvalue weighted by Crippen LogP contribution is -2.35. The average Bonchev–Trinajstić information content (AvgIpc) is 2.85. The minimum Gasteiger partial charge on any atom is -0.381 e. The molecule has 0 saturated carbocycles. The summed E-state index contributed by atoms with van der Waals surface area (Å²) < 4.78 is 5.38. The maximum Gasteiger partial charge on any atom is 0.145 e. The summed E-state index contributed by atoms with van der Waals surface area (Å²) >= 11 is 0. The predicted octanol–water partition coefficient (Wildman–Crippen LogP) is 3.39. The first kappa shape index (κ1) is 21.0. The lowest BCUT2D eigenvalue weighted by molar-refractivity contribution is -0.125. The smallest absolute Gasteiger partial charge is 0.145 e. The number of nitrogens with zero attached hydrogens (tertiary/aromatic N) is 3. The number of benzene rings is 1. The van der Waals surface area contributed by atoms with Gasteiger partial charge in [0.1, 0.15) is 11.6 Å². The van der Waals surface area contributed by atoms with Crippen LogP contribution in [0.25, 0.3) is 22.0 Å². The van der Waals surface area contributed by atoms with Crippen LogP contribution in [0.3, 0.4) is 0 Å². The second-order valence-corrected chi connectivity index (χ2v) is 8.73. The van der Waals surface area contributed by atoms with E-state index in [-0.39, 0.29) is 11.7 Å². The zero-order valence-corrected chi connectivity index (χ0v) is 18.2. The molecule has 2 aliphatic heterocycles. The molecule has 0 radical (unpaired) electrons. The largest absolute Gasteiger partial charge is 0.381 e. The Hall–Kier alpha value is -2.90. The molecule has 4 heterocycles. The standard InChI is InChI=1S/C25H29N5O2/c31-24(17-5-9-32-10-6-17)13-22-12-20-11-18(1-2-19(20)14-28-22)23-15-27-16-25(30-23)29-21-3-7-26-8-4-21/h1-2,11-12,14-17,21,26H,3-10,13H2,(H,29,30). The van der Waals surface area contributed by atoms with Crippen LogP contribution in [0.4, 0.5) is 5.82 Å². The van der Waals surface area contributed by atoms with Crippen LogP contribution in [0.1, 0.15) is 31.4 Å². The van der Waals surface area contributed by atoms with E-state index in [2.05, 4.69) is 38.8 Å². The Kier molecular flexibility index (Phi) is 6.36. The third-order valence-electron chi connectivity index (χ3n) is 6.43. The highest BCUT2D eigenvalue weighted by Crippen LogP contribution is 2.25. The SMILES string of the molecule is O=C(Cc1cc2cc(-c3cncc(NC4CCNCC4)n3)ccc2cn1)C1CCOCC1. The average molecular weight is 432 g/mol. The van der Waals surface area contributed by atoms with Gasteiger partial charge in [0.2, 0.25) is 0 Å². The van der Waals surface area contributed by atoms with Gasteiger partial charge in [-0.05, 0) is 56.3 Å². The Bertz CT molecular complexity index is 1090. The molecule has 0 bridgehead atoms. The van der Waals surface area contributed by atoms with Crippen LogP contribution in [0.5, 0.6) is 0 Å². The van der Waals surface area contributed by atoms with E-state index in [0.29, 0.717) is 25.7 Å². The van der Waals surface area contributed by atoms with Gasteiger partial charge < -0.3 is 15.4 Å². The number of fused-ring (bicyclic) bond motifs is 1. The van der Waals surface area contributed by atoms with E-state index >= 15 is 0 Å². The molecule has 2 aromatic heterocycles. The van der Waals surface area contributed by atoms with Gasteiger partial charge in [-0.3, -0.25) is 14.8 Å². The molecule has 166 valence electrons. The van der Waals surface area contributed by atoms with Crippen molar-refractivity contribution in [2.24, 2.45) is 5.92 Å². The zero-order valence-electron chi connectivity index (χ0n) is 18.2. The van der Waals surface area contributed by atoms with Gasteiger partial charge in [0.25, 0.3) is 0 Å². The van der Waals surface area contributed by atoms with Crippen LogP contribution in [-0.4, -0.2) is 53.1 Å².